The highest BCUT2D eigenvalue weighted by Crippen LogP contribution is 2.15. The number of hydrogen-bond acceptors (Lipinski definition) is 2. The van der Waals surface area contributed by atoms with Crippen molar-refractivity contribution < 1.29 is 9.53 Å². The Labute approximate surface area is 93.6 Å². The molecule has 1 aliphatic rings. The lowest BCUT2D eigenvalue weighted by atomic mass is 10.2. The third kappa shape index (κ3) is 2.70. The number of ether oxygens (including phenoxy) is 1. The average Bonchev–Trinajstić information content (AvgIpc) is 2.16. The maximum atomic E-state index is 10.7. The summed E-state index contributed by atoms with van der Waals surface area (Å²) in [5, 5.41) is -0.394. The van der Waals surface area contributed by atoms with Gasteiger partial charge in [-0.1, -0.05) is 30.3 Å². The monoisotopic (exact) mass is 225 g/mol. The van der Waals surface area contributed by atoms with E-state index in [1.54, 1.807) is 4.90 Å². The Bertz CT molecular complexity index is 336. The number of amides is 1. The van der Waals surface area contributed by atoms with E-state index in [0.29, 0.717) is 19.7 Å². The van der Waals surface area contributed by atoms with Crippen LogP contribution in [0.1, 0.15) is 5.56 Å². The van der Waals surface area contributed by atoms with Gasteiger partial charge in [0.05, 0.1) is 12.7 Å². The molecule has 1 aliphatic heterocycles. The molecule has 0 spiro atoms. The molecule has 0 aromatic heterocycles. The van der Waals surface area contributed by atoms with Crippen LogP contribution >= 0.6 is 11.6 Å². The van der Waals surface area contributed by atoms with E-state index >= 15 is 0 Å². The minimum Gasteiger partial charge on any atom is -0.370 e. The van der Waals surface area contributed by atoms with Gasteiger partial charge in [0, 0.05) is 13.1 Å². The van der Waals surface area contributed by atoms with E-state index in [9.17, 15) is 4.79 Å². The van der Waals surface area contributed by atoms with Crippen molar-refractivity contribution in [2.75, 3.05) is 13.1 Å². The van der Waals surface area contributed by atoms with E-state index in [2.05, 4.69) is 0 Å². The van der Waals surface area contributed by atoms with E-state index in [1.807, 2.05) is 30.3 Å². The number of likely N-dealkylation sites (tertiary alicyclic amines) is 1. The van der Waals surface area contributed by atoms with Gasteiger partial charge in [-0.15, -0.1) is 0 Å². The standard InChI is InChI=1S/C11H12ClNO2/c12-11(14)13-6-10(7-13)15-8-9-4-2-1-3-5-9/h1-5,10H,6-8H2. The normalized spacial score (nSPS) is 16.2. The summed E-state index contributed by atoms with van der Waals surface area (Å²) in [4.78, 5) is 12.2. The third-order valence-corrected chi connectivity index (χ3v) is 2.66. The molecule has 0 radical (unpaired) electrons. The van der Waals surface area contributed by atoms with Crippen molar-refractivity contribution in [1.82, 2.24) is 4.90 Å². The Balaban J connectivity index is 1.71. The Hall–Kier alpha value is -1.06. The second kappa shape index (κ2) is 4.64. The summed E-state index contributed by atoms with van der Waals surface area (Å²) in [5.74, 6) is 0. The summed E-state index contributed by atoms with van der Waals surface area (Å²) in [5.41, 5.74) is 1.15. The molecule has 80 valence electrons. The summed E-state index contributed by atoms with van der Waals surface area (Å²) >= 11 is 5.29. The first kappa shape index (κ1) is 10.5. The van der Waals surface area contributed by atoms with Crippen LogP contribution in [0.2, 0.25) is 0 Å². The van der Waals surface area contributed by atoms with Crippen molar-refractivity contribution in [3.8, 4) is 0 Å². The van der Waals surface area contributed by atoms with Gasteiger partial charge in [-0.05, 0) is 17.2 Å². The summed E-state index contributed by atoms with van der Waals surface area (Å²) in [6.07, 6.45) is 0.132. The van der Waals surface area contributed by atoms with E-state index in [-0.39, 0.29) is 6.10 Å². The van der Waals surface area contributed by atoms with Gasteiger partial charge in [0.15, 0.2) is 0 Å². The third-order valence-electron chi connectivity index (χ3n) is 2.43. The van der Waals surface area contributed by atoms with Gasteiger partial charge in [-0.2, -0.15) is 0 Å². The smallest absolute Gasteiger partial charge is 0.316 e. The minimum atomic E-state index is -0.394. The van der Waals surface area contributed by atoms with E-state index < -0.39 is 5.37 Å². The molecule has 1 fully saturated rings. The van der Waals surface area contributed by atoms with Crippen molar-refractivity contribution in [3.63, 3.8) is 0 Å². The molecular weight excluding hydrogens is 214 g/mol. The molecule has 15 heavy (non-hydrogen) atoms. The van der Waals surface area contributed by atoms with Crippen LogP contribution < -0.4 is 0 Å². The first-order valence-electron chi connectivity index (χ1n) is 4.85. The molecule has 3 nitrogen and oxygen atoms in total. The molecule has 1 aromatic rings. The van der Waals surface area contributed by atoms with Crippen LogP contribution in [0.3, 0.4) is 0 Å². The summed E-state index contributed by atoms with van der Waals surface area (Å²) < 4.78 is 5.59. The Kier molecular flexibility index (Phi) is 3.23. The highest BCUT2D eigenvalue weighted by atomic mass is 35.5. The fourth-order valence-electron chi connectivity index (χ4n) is 1.48. The molecule has 0 atom stereocenters. The van der Waals surface area contributed by atoms with Gasteiger partial charge < -0.3 is 9.64 Å². The van der Waals surface area contributed by atoms with Crippen LogP contribution in [0.5, 0.6) is 0 Å². The lowest BCUT2D eigenvalue weighted by Gasteiger charge is -2.37. The van der Waals surface area contributed by atoms with Gasteiger partial charge in [-0.3, -0.25) is 4.79 Å². The first-order valence-corrected chi connectivity index (χ1v) is 5.23. The maximum Gasteiger partial charge on any atom is 0.316 e. The molecule has 0 N–H and O–H groups in total. The molecule has 0 bridgehead atoms. The highest BCUT2D eigenvalue weighted by molar-refractivity contribution is 6.62. The quantitative estimate of drug-likeness (QED) is 0.583. The molecule has 1 amide bonds. The number of rotatable bonds is 3. The van der Waals surface area contributed by atoms with Crippen LogP contribution in [0.25, 0.3) is 0 Å². The Morgan fingerprint density at radius 2 is 2.07 bits per heavy atom. The number of carbonyl (C=O) groups is 1. The fraction of sp³-hybridized carbons (Fsp3) is 0.364. The molecule has 1 aromatic carbocycles. The predicted octanol–water partition coefficient (Wildman–Crippen LogP) is 2.25. The van der Waals surface area contributed by atoms with Gasteiger partial charge in [0.2, 0.25) is 0 Å². The van der Waals surface area contributed by atoms with Gasteiger partial charge >= 0.3 is 5.37 Å². The topological polar surface area (TPSA) is 29.5 Å². The predicted molar refractivity (Wildman–Crippen MR) is 57.8 cm³/mol. The zero-order chi connectivity index (χ0) is 10.7. The lowest BCUT2D eigenvalue weighted by Crippen LogP contribution is -2.52. The van der Waals surface area contributed by atoms with Crippen LogP contribution in [0, 0.1) is 0 Å². The average molecular weight is 226 g/mol. The number of carbonyl (C=O) groups excluding carboxylic acids is 1. The van der Waals surface area contributed by atoms with Crippen molar-refractivity contribution in [1.29, 1.82) is 0 Å². The second-order valence-corrected chi connectivity index (χ2v) is 3.90. The van der Waals surface area contributed by atoms with E-state index in [4.69, 9.17) is 16.3 Å². The summed E-state index contributed by atoms with van der Waals surface area (Å²) in [6.45, 7) is 1.81. The largest absolute Gasteiger partial charge is 0.370 e. The molecule has 2 rings (SSSR count). The van der Waals surface area contributed by atoms with Crippen LogP contribution in [0.4, 0.5) is 4.79 Å². The fourth-order valence-corrected chi connectivity index (χ4v) is 1.61. The maximum absolute atomic E-state index is 10.7. The van der Waals surface area contributed by atoms with Crippen molar-refractivity contribution in [2.45, 2.75) is 12.7 Å². The van der Waals surface area contributed by atoms with Gasteiger partial charge in [0.1, 0.15) is 0 Å². The zero-order valence-electron chi connectivity index (χ0n) is 8.23. The van der Waals surface area contributed by atoms with Crippen molar-refractivity contribution in [3.05, 3.63) is 35.9 Å². The van der Waals surface area contributed by atoms with E-state index in [0.717, 1.165) is 5.56 Å². The molecule has 0 unspecified atom stereocenters. The molecule has 1 heterocycles. The van der Waals surface area contributed by atoms with Crippen molar-refractivity contribution in [2.24, 2.45) is 0 Å². The Morgan fingerprint density at radius 1 is 1.40 bits per heavy atom. The number of benzene rings is 1. The van der Waals surface area contributed by atoms with Crippen molar-refractivity contribution >= 4 is 17.0 Å². The van der Waals surface area contributed by atoms with E-state index in [1.165, 1.54) is 0 Å². The molecule has 1 saturated heterocycles. The second-order valence-electron chi connectivity index (χ2n) is 3.58. The lowest BCUT2D eigenvalue weighted by molar-refractivity contribution is -0.0403. The number of nitrogens with zero attached hydrogens (tertiary/aromatic N) is 1. The first-order chi connectivity index (χ1) is 7.25. The highest BCUT2D eigenvalue weighted by Gasteiger charge is 2.30. The Morgan fingerprint density at radius 3 is 2.67 bits per heavy atom. The van der Waals surface area contributed by atoms with Gasteiger partial charge in [-0.25, -0.2) is 0 Å². The number of hydrogen-bond donors (Lipinski definition) is 0. The SMILES string of the molecule is O=C(Cl)N1CC(OCc2ccccc2)C1. The van der Waals surface area contributed by atoms with Crippen LogP contribution in [-0.4, -0.2) is 29.5 Å². The summed E-state index contributed by atoms with van der Waals surface area (Å²) in [6, 6.07) is 9.97. The molecule has 4 heteroatoms. The summed E-state index contributed by atoms with van der Waals surface area (Å²) in [7, 11) is 0. The zero-order valence-corrected chi connectivity index (χ0v) is 8.98. The minimum absolute atomic E-state index is 0.132. The molecule has 0 aliphatic carbocycles. The van der Waals surface area contributed by atoms with Crippen LogP contribution in [0.15, 0.2) is 30.3 Å². The van der Waals surface area contributed by atoms with Gasteiger partial charge in [0.25, 0.3) is 0 Å². The van der Waals surface area contributed by atoms with Crippen LogP contribution in [-0.2, 0) is 11.3 Å². The number of halogens is 1. The molecule has 0 saturated carbocycles. The molecular formula is C11H12ClNO2.